The normalized spacial score (nSPS) is 17.4. The standard InChI is InChI=1S/C15H22N2O2/c1-11-7-12(9-13(16)8-11)14(18)17(2)10-15(19)5-3-4-6-15/h7-9,19H,3-6,10,16H2,1-2H3. The predicted octanol–water partition coefficient (Wildman–Crippen LogP) is 1.95. The highest BCUT2D eigenvalue weighted by Gasteiger charge is 2.33. The number of nitrogens with two attached hydrogens (primary N) is 1. The Morgan fingerprint density at radius 2 is 2.00 bits per heavy atom. The molecule has 0 bridgehead atoms. The third kappa shape index (κ3) is 3.26. The second kappa shape index (κ2) is 5.21. The number of carbonyl (C=O) groups excluding carboxylic acids is 1. The molecule has 1 aromatic rings. The number of aliphatic hydroxyl groups is 1. The van der Waals surface area contributed by atoms with Crippen molar-refractivity contribution in [2.45, 2.75) is 38.2 Å². The Morgan fingerprint density at radius 3 is 2.58 bits per heavy atom. The van der Waals surface area contributed by atoms with Crippen molar-refractivity contribution < 1.29 is 9.90 Å². The molecule has 19 heavy (non-hydrogen) atoms. The number of hydrogen-bond acceptors (Lipinski definition) is 3. The fourth-order valence-corrected chi connectivity index (χ4v) is 2.86. The van der Waals surface area contributed by atoms with Crippen molar-refractivity contribution in [3.8, 4) is 0 Å². The summed E-state index contributed by atoms with van der Waals surface area (Å²) in [5.74, 6) is -0.0873. The second-order valence-corrected chi connectivity index (χ2v) is 5.73. The van der Waals surface area contributed by atoms with Gasteiger partial charge in [0.25, 0.3) is 5.91 Å². The van der Waals surface area contributed by atoms with E-state index >= 15 is 0 Å². The fourth-order valence-electron chi connectivity index (χ4n) is 2.86. The van der Waals surface area contributed by atoms with Crippen LogP contribution in [0.15, 0.2) is 18.2 Å². The minimum absolute atomic E-state index is 0.0873. The highest BCUT2D eigenvalue weighted by Crippen LogP contribution is 2.30. The molecular weight excluding hydrogens is 240 g/mol. The molecule has 1 aliphatic carbocycles. The number of carbonyl (C=O) groups is 1. The van der Waals surface area contributed by atoms with Crippen molar-refractivity contribution in [3.05, 3.63) is 29.3 Å². The summed E-state index contributed by atoms with van der Waals surface area (Å²) in [4.78, 5) is 13.9. The lowest BCUT2D eigenvalue weighted by molar-refractivity contribution is 0.0157. The molecule has 0 atom stereocenters. The van der Waals surface area contributed by atoms with Crippen LogP contribution in [-0.2, 0) is 0 Å². The molecule has 0 unspecified atom stereocenters. The minimum atomic E-state index is -0.709. The van der Waals surface area contributed by atoms with E-state index in [2.05, 4.69) is 0 Å². The van der Waals surface area contributed by atoms with Crippen LogP contribution in [0.4, 0.5) is 5.69 Å². The molecule has 0 aliphatic heterocycles. The van der Waals surface area contributed by atoms with Crippen LogP contribution in [0.2, 0.25) is 0 Å². The number of benzene rings is 1. The lowest BCUT2D eigenvalue weighted by Crippen LogP contribution is -2.42. The van der Waals surface area contributed by atoms with Gasteiger partial charge in [0.1, 0.15) is 0 Å². The van der Waals surface area contributed by atoms with Gasteiger partial charge in [-0.1, -0.05) is 12.8 Å². The van der Waals surface area contributed by atoms with Crippen LogP contribution in [0, 0.1) is 6.92 Å². The van der Waals surface area contributed by atoms with E-state index in [1.54, 1.807) is 18.0 Å². The van der Waals surface area contributed by atoms with E-state index < -0.39 is 5.60 Å². The predicted molar refractivity (Wildman–Crippen MR) is 76.0 cm³/mol. The van der Waals surface area contributed by atoms with E-state index in [-0.39, 0.29) is 5.91 Å². The van der Waals surface area contributed by atoms with E-state index in [1.807, 2.05) is 19.1 Å². The van der Waals surface area contributed by atoms with Crippen molar-refractivity contribution in [1.82, 2.24) is 4.90 Å². The van der Waals surface area contributed by atoms with Crippen LogP contribution >= 0.6 is 0 Å². The summed E-state index contributed by atoms with van der Waals surface area (Å²) in [6.07, 6.45) is 3.63. The maximum atomic E-state index is 12.3. The van der Waals surface area contributed by atoms with E-state index in [1.165, 1.54) is 0 Å². The fraction of sp³-hybridized carbons (Fsp3) is 0.533. The maximum Gasteiger partial charge on any atom is 0.253 e. The van der Waals surface area contributed by atoms with E-state index in [0.29, 0.717) is 17.8 Å². The van der Waals surface area contributed by atoms with Crippen LogP contribution in [-0.4, -0.2) is 35.1 Å². The molecule has 0 radical (unpaired) electrons. The zero-order chi connectivity index (χ0) is 14.0. The van der Waals surface area contributed by atoms with Gasteiger partial charge in [-0.2, -0.15) is 0 Å². The van der Waals surface area contributed by atoms with Gasteiger partial charge in [-0.25, -0.2) is 0 Å². The third-order valence-corrected chi connectivity index (χ3v) is 3.76. The molecule has 1 fully saturated rings. The average Bonchev–Trinajstić information content (AvgIpc) is 2.73. The van der Waals surface area contributed by atoms with Crippen LogP contribution < -0.4 is 5.73 Å². The van der Waals surface area contributed by atoms with Crippen LogP contribution in [0.3, 0.4) is 0 Å². The summed E-state index contributed by atoms with van der Waals surface area (Å²) in [7, 11) is 1.73. The smallest absolute Gasteiger partial charge is 0.253 e. The van der Waals surface area contributed by atoms with E-state index in [0.717, 1.165) is 31.2 Å². The zero-order valence-corrected chi connectivity index (χ0v) is 11.6. The average molecular weight is 262 g/mol. The molecule has 104 valence electrons. The third-order valence-electron chi connectivity index (χ3n) is 3.76. The molecular formula is C15H22N2O2. The summed E-state index contributed by atoms with van der Waals surface area (Å²) in [6, 6.07) is 5.35. The number of hydrogen-bond donors (Lipinski definition) is 2. The molecule has 0 spiro atoms. The zero-order valence-electron chi connectivity index (χ0n) is 11.6. The molecule has 2 rings (SSSR count). The molecule has 1 amide bonds. The first-order valence-electron chi connectivity index (χ1n) is 6.75. The Balaban J connectivity index is 2.10. The molecule has 1 saturated carbocycles. The SMILES string of the molecule is Cc1cc(N)cc(C(=O)N(C)CC2(O)CCCC2)c1. The van der Waals surface area contributed by atoms with Gasteiger partial charge in [-0.05, 0) is 43.5 Å². The van der Waals surface area contributed by atoms with Crippen molar-refractivity contribution in [2.24, 2.45) is 0 Å². The first kappa shape index (κ1) is 13.9. The summed E-state index contributed by atoms with van der Waals surface area (Å²) in [6.45, 7) is 2.30. The minimum Gasteiger partial charge on any atom is -0.399 e. The largest absolute Gasteiger partial charge is 0.399 e. The van der Waals surface area contributed by atoms with Crippen LogP contribution in [0.25, 0.3) is 0 Å². The van der Waals surface area contributed by atoms with Gasteiger partial charge < -0.3 is 15.7 Å². The quantitative estimate of drug-likeness (QED) is 0.818. The number of nitrogens with zero attached hydrogens (tertiary/aromatic N) is 1. The molecule has 1 aromatic carbocycles. The Morgan fingerprint density at radius 1 is 1.37 bits per heavy atom. The lowest BCUT2D eigenvalue weighted by atomic mass is 10.0. The number of amides is 1. The summed E-state index contributed by atoms with van der Waals surface area (Å²) in [5, 5.41) is 10.3. The Labute approximate surface area is 114 Å². The number of rotatable bonds is 3. The number of aryl methyl sites for hydroxylation is 1. The monoisotopic (exact) mass is 262 g/mol. The molecule has 4 heteroatoms. The Kier molecular flexibility index (Phi) is 3.80. The van der Waals surface area contributed by atoms with Gasteiger partial charge in [0, 0.05) is 24.8 Å². The first-order chi connectivity index (χ1) is 8.89. The van der Waals surface area contributed by atoms with Crippen molar-refractivity contribution in [3.63, 3.8) is 0 Å². The van der Waals surface area contributed by atoms with Gasteiger partial charge in [-0.15, -0.1) is 0 Å². The van der Waals surface area contributed by atoms with Gasteiger partial charge in [0.15, 0.2) is 0 Å². The van der Waals surface area contributed by atoms with Gasteiger partial charge >= 0.3 is 0 Å². The van der Waals surface area contributed by atoms with Crippen molar-refractivity contribution >= 4 is 11.6 Å². The summed E-state index contributed by atoms with van der Waals surface area (Å²) in [5.41, 5.74) is 7.21. The molecule has 0 aromatic heterocycles. The van der Waals surface area contributed by atoms with Gasteiger partial charge in [0.2, 0.25) is 0 Å². The lowest BCUT2D eigenvalue weighted by Gasteiger charge is -2.28. The number of nitrogen functional groups attached to an aromatic ring is 1. The molecule has 1 aliphatic rings. The first-order valence-corrected chi connectivity index (χ1v) is 6.75. The van der Waals surface area contributed by atoms with Crippen molar-refractivity contribution in [1.29, 1.82) is 0 Å². The molecule has 4 nitrogen and oxygen atoms in total. The highest BCUT2D eigenvalue weighted by atomic mass is 16.3. The van der Waals surface area contributed by atoms with Gasteiger partial charge in [-0.3, -0.25) is 4.79 Å². The maximum absolute atomic E-state index is 12.3. The molecule has 0 saturated heterocycles. The van der Waals surface area contributed by atoms with E-state index in [4.69, 9.17) is 5.73 Å². The molecule has 3 N–H and O–H groups in total. The van der Waals surface area contributed by atoms with Crippen molar-refractivity contribution in [2.75, 3.05) is 19.3 Å². The Hall–Kier alpha value is -1.55. The van der Waals surface area contributed by atoms with Crippen LogP contribution in [0.1, 0.15) is 41.6 Å². The van der Waals surface area contributed by atoms with E-state index in [9.17, 15) is 9.90 Å². The molecule has 0 heterocycles. The van der Waals surface area contributed by atoms with Crippen LogP contribution in [0.5, 0.6) is 0 Å². The number of anilines is 1. The Bertz CT molecular complexity index is 459. The summed E-state index contributed by atoms with van der Waals surface area (Å²) < 4.78 is 0. The summed E-state index contributed by atoms with van der Waals surface area (Å²) >= 11 is 0. The van der Waals surface area contributed by atoms with Gasteiger partial charge in [0.05, 0.1) is 5.60 Å². The topological polar surface area (TPSA) is 66.6 Å². The number of likely N-dealkylation sites (N-methyl/N-ethyl adjacent to an activating group) is 1. The highest BCUT2D eigenvalue weighted by molar-refractivity contribution is 5.95. The second-order valence-electron chi connectivity index (χ2n) is 5.73.